The summed E-state index contributed by atoms with van der Waals surface area (Å²) in [5, 5.41) is 0. The first-order valence-corrected chi connectivity index (χ1v) is 7.07. The summed E-state index contributed by atoms with van der Waals surface area (Å²) in [5.41, 5.74) is 7.91. The minimum absolute atomic E-state index is 0.0913. The molecular weight excluding hydrogens is 246 g/mol. The molecule has 0 aliphatic heterocycles. The Hall–Kier alpha value is -1.71. The molecule has 0 bridgehead atoms. The third-order valence-corrected chi connectivity index (χ3v) is 3.74. The number of hydrazine groups is 1. The van der Waals surface area contributed by atoms with Gasteiger partial charge in [-0.2, -0.15) is 0 Å². The normalized spacial score (nSPS) is 12.7. The lowest BCUT2D eigenvalue weighted by Gasteiger charge is -2.18. The summed E-state index contributed by atoms with van der Waals surface area (Å²) in [5.74, 6) is 6.28. The van der Waals surface area contributed by atoms with E-state index in [-0.39, 0.29) is 6.04 Å². The van der Waals surface area contributed by atoms with Gasteiger partial charge >= 0.3 is 0 Å². The highest BCUT2D eigenvalue weighted by Crippen LogP contribution is 2.21. The van der Waals surface area contributed by atoms with Crippen LogP contribution < -0.4 is 11.3 Å². The number of nitrogens with two attached hydrogens (primary N) is 1. The van der Waals surface area contributed by atoms with Crippen LogP contribution in [0, 0.1) is 6.92 Å². The summed E-state index contributed by atoms with van der Waals surface area (Å²) in [7, 11) is 0. The lowest BCUT2D eigenvalue weighted by molar-refractivity contribution is 0.547. The molecular formula is C17H23N3. The maximum absolute atomic E-state index is 5.72. The number of benzene rings is 1. The maximum atomic E-state index is 5.72. The summed E-state index contributed by atoms with van der Waals surface area (Å²) in [4.78, 5) is 4.20. The second-order valence-electron chi connectivity index (χ2n) is 5.55. The smallest absolute Gasteiger partial charge is 0.0518 e. The summed E-state index contributed by atoms with van der Waals surface area (Å²) < 4.78 is 0. The van der Waals surface area contributed by atoms with Crippen LogP contribution in [0.3, 0.4) is 0 Å². The fourth-order valence-electron chi connectivity index (χ4n) is 2.37. The van der Waals surface area contributed by atoms with Crippen LogP contribution in [-0.4, -0.2) is 4.98 Å². The highest BCUT2D eigenvalue weighted by atomic mass is 15.2. The van der Waals surface area contributed by atoms with Crippen LogP contribution in [0.15, 0.2) is 42.7 Å². The third-order valence-electron chi connectivity index (χ3n) is 3.74. The summed E-state index contributed by atoms with van der Waals surface area (Å²) in [6.07, 6.45) is 4.56. The molecule has 0 fully saturated rings. The molecule has 0 spiro atoms. The van der Waals surface area contributed by atoms with Gasteiger partial charge in [0.15, 0.2) is 0 Å². The van der Waals surface area contributed by atoms with Crippen molar-refractivity contribution in [3.63, 3.8) is 0 Å². The number of nitrogens with one attached hydrogen (secondary N) is 1. The van der Waals surface area contributed by atoms with E-state index < -0.39 is 0 Å². The molecule has 0 aliphatic rings. The molecule has 0 saturated heterocycles. The van der Waals surface area contributed by atoms with Gasteiger partial charge < -0.3 is 0 Å². The lowest BCUT2D eigenvalue weighted by Crippen LogP contribution is -2.30. The first-order valence-electron chi connectivity index (χ1n) is 7.07. The molecule has 2 rings (SSSR count). The highest BCUT2D eigenvalue weighted by molar-refractivity contribution is 5.29. The van der Waals surface area contributed by atoms with Gasteiger partial charge in [0.1, 0.15) is 0 Å². The molecule has 0 radical (unpaired) electrons. The Labute approximate surface area is 121 Å². The van der Waals surface area contributed by atoms with Crippen molar-refractivity contribution in [3.05, 3.63) is 65.0 Å². The molecule has 2 aromatic rings. The van der Waals surface area contributed by atoms with Gasteiger partial charge in [0, 0.05) is 12.4 Å². The maximum Gasteiger partial charge on any atom is 0.0518 e. The van der Waals surface area contributed by atoms with E-state index >= 15 is 0 Å². The molecule has 1 atom stereocenters. The van der Waals surface area contributed by atoms with Gasteiger partial charge in [-0.25, -0.2) is 0 Å². The number of hydrogen-bond acceptors (Lipinski definition) is 3. The van der Waals surface area contributed by atoms with Gasteiger partial charge in [-0.15, -0.1) is 0 Å². The van der Waals surface area contributed by atoms with E-state index in [4.69, 9.17) is 5.84 Å². The van der Waals surface area contributed by atoms with Crippen LogP contribution in [0.4, 0.5) is 0 Å². The first-order chi connectivity index (χ1) is 9.61. The van der Waals surface area contributed by atoms with Gasteiger partial charge in [0.05, 0.1) is 6.04 Å². The molecule has 3 N–H and O–H groups in total. The minimum atomic E-state index is 0.0913. The quantitative estimate of drug-likeness (QED) is 0.647. The predicted molar refractivity (Wildman–Crippen MR) is 83.3 cm³/mol. The Morgan fingerprint density at radius 1 is 1.15 bits per heavy atom. The average Bonchev–Trinajstić information content (AvgIpc) is 2.46. The molecule has 0 amide bonds. The topological polar surface area (TPSA) is 50.9 Å². The molecule has 20 heavy (non-hydrogen) atoms. The van der Waals surface area contributed by atoms with Gasteiger partial charge in [0.25, 0.3) is 0 Å². The van der Waals surface area contributed by atoms with Gasteiger partial charge in [-0.3, -0.25) is 16.3 Å². The zero-order valence-corrected chi connectivity index (χ0v) is 12.4. The van der Waals surface area contributed by atoms with Crippen molar-refractivity contribution in [1.82, 2.24) is 10.4 Å². The molecule has 106 valence electrons. The first kappa shape index (κ1) is 14.7. The van der Waals surface area contributed by atoms with Crippen molar-refractivity contribution < 1.29 is 0 Å². The number of aromatic nitrogens is 1. The van der Waals surface area contributed by atoms with E-state index in [1.807, 2.05) is 18.5 Å². The Bertz CT molecular complexity index is 546. The Morgan fingerprint density at radius 2 is 1.85 bits per heavy atom. The molecule has 1 heterocycles. The zero-order chi connectivity index (χ0) is 14.5. The SMILES string of the molecule is Cc1ccncc1C(Cc1ccc(C(C)C)cc1)NN. The number of nitrogens with zero attached hydrogens (tertiary/aromatic N) is 1. The summed E-state index contributed by atoms with van der Waals surface area (Å²) >= 11 is 0. The second-order valence-corrected chi connectivity index (χ2v) is 5.55. The fourth-order valence-corrected chi connectivity index (χ4v) is 2.37. The van der Waals surface area contributed by atoms with E-state index in [0.717, 1.165) is 12.0 Å². The number of hydrogen-bond donors (Lipinski definition) is 2. The highest BCUT2D eigenvalue weighted by Gasteiger charge is 2.13. The van der Waals surface area contributed by atoms with Crippen LogP contribution in [-0.2, 0) is 6.42 Å². The van der Waals surface area contributed by atoms with Crippen LogP contribution in [0.5, 0.6) is 0 Å². The van der Waals surface area contributed by atoms with Crippen molar-refractivity contribution in [1.29, 1.82) is 0 Å². The Balaban J connectivity index is 2.16. The van der Waals surface area contributed by atoms with Crippen molar-refractivity contribution in [2.45, 2.75) is 39.2 Å². The summed E-state index contributed by atoms with van der Waals surface area (Å²) in [6.45, 7) is 6.50. The summed E-state index contributed by atoms with van der Waals surface area (Å²) in [6, 6.07) is 10.9. The van der Waals surface area contributed by atoms with Crippen molar-refractivity contribution >= 4 is 0 Å². The molecule has 1 aromatic heterocycles. The van der Waals surface area contributed by atoms with E-state index in [2.05, 4.69) is 55.4 Å². The van der Waals surface area contributed by atoms with Crippen LogP contribution in [0.25, 0.3) is 0 Å². The van der Waals surface area contributed by atoms with E-state index in [0.29, 0.717) is 5.92 Å². The van der Waals surface area contributed by atoms with Crippen molar-refractivity contribution in [3.8, 4) is 0 Å². The van der Waals surface area contributed by atoms with Crippen molar-refractivity contribution in [2.24, 2.45) is 5.84 Å². The molecule has 3 heteroatoms. The number of aryl methyl sites for hydroxylation is 1. The molecule has 1 aromatic carbocycles. The van der Waals surface area contributed by atoms with Gasteiger partial charge in [-0.05, 0) is 47.6 Å². The number of pyridine rings is 1. The third kappa shape index (κ3) is 3.44. The van der Waals surface area contributed by atoms with Crippen LogP contribution in [0.2, 0.25) is 0 Å². The Kier molecular flexibility index (Phi) is 4.88. The van der Waals surface area contributed by atoms with Crippen LogP contribution in [0.1, 0.15) is 48.1 Å². The van der Waals surface area contributed by atoms with E-state index in [9.17, 15) is 0 Å². The molecule has 1 unspecified atom stereocenters. The molecule has 3 nitrogen and oxygen atoms in total. The van der Waals surface area contributed by atoms with Gasteiger partial charge in [0.2, 0.25) is 0 Å². The molecule has 0 aliphatic carbocycles. The fraction of sp³-hybridized carbons (Fsp3) is 0.353. The van der Waals surface area contributed by atoms with Gasteiger partial charge in [-0.1, -0.05) is 38.1 Å². The number of rotatable bonds is 5. The van der Waals surface area contributed by atoms with Crippen molar-refractivity contribution in [2.75, 3.05) is 0 Å². The second kappa shape index (κ2) is 6.64. The standard InChI is InChI=1S/C17H23N3/c1-12(2)15-6-4-14(5-7-15)10-17(20-18)16-11-19-9-8-13(16)3/h4-9,11-12,17,20H,10,18H2,1-3H3. The Morgan fingerprint density at radius 3 is 2.40 bits per heavy atom. The lowest BCUT2D eigenvalue weighted by atomic mass is 9.95. The van der Waals surface area contributed by atoms with Crippen LogP contribution >= 0.6 is 0 Å². The largest absolute Gasteiger partial charge is 0.271 e. The monoisotopic (exact) mass is 269 g/mol. The predicted octanol–water partition coefficient (Wildman–Crippen LogP) is 3.26. The van der Waals surface area contributed by atoms with E-state index in [1.54, 1.807) is 0 Å². The zero-order valence-electron chi connectivity index (χ0n) is 12.4. The minimum Gasteiger partial charge on any atom is -0.271 e. The van der Waals surface area contributed by atoms with E-state index in [1.165, 1.54) is 16.7 Å². The average molecular weight is 269 g/mol. The molecule has 0 saturated carbocycles.